The van der Waals surface area contributed by atoms with Crippen LogP contribution in [0.4, 0.5) is 5.13 Å². The average molecular weight is 496 g/mol. The Morgan fingerprint density at radius 1 is 1.12 bits per heavy atom. The van der Waals surface area contributed by atoms with Gasteiger partial charge in [0.05, 0.1) is 29.2 Å². The summed E-state index contributed by atoms with van der Waals surface area (Å²) in [6.45, 7) is 4.24. The first kappa shape index (κ1) is 24.6. The highest BCUT2D eigenvalue weighted by atomic mass is 35.5. The maximum atomic E-state index is 13.3. The number of hydrogen-bond donors (Lipinski definition) is 0. The molecule has 32 heavy (non-hydrogen) atoms. The molecule has 0 bridgehead atoms. The summed E-state index contributed by atoms with van der Waals surface area (Å²) in [6.07, 6.45) is 1.44. The lowest BCUT2D eigenvalue weighted by molar-refractivity contribution is -0.118. The molecule has 0 N–H and O–H groups in total. The first-order valence-corrected chi connectivity index (χ1v) is 12.9. The highest BCUT2D eigenvalue weighted by Crippen LogP contribution is 2.33. The predicted octanol–water partition coefficient (Wildman–Crippen LogP) is 3.03. The van der Waals surface area contributed by atoms with Crippen molar-refractivity contribution in [2.24, 2.45) is 0 Å². The Balaban J connectivity index is 0.00000289. The Hall–Kier alpha value is -2.04. The second-order valence-electron chi connectivity index (χ2n) is 7.53. The minimum Gasteiger partial charge on any atom is -0.379 e. The number of nitrogens with zero attached hydrogens (tertiary/aromatic N) is 3. The van der Waals surface area contributed by atoms with Crippen LogP contribution in [0.25, 0.3) is 10.2 Å². The molecule has 10 heteroatoms. The maximum Gasteiger partial charge on any atom is 0.233 e. The summed E-state index contributed by atoms with van der Waals surface area (Å²) in [5, 5.41) is 0.528. The lowest BCUT2D eigenvalue weighted by Gasteiger charge is -2.29. The fourth-order valence-corrected chi connectivity index (χ4v) is 5.52. The molecule has 1 aromatic heterocycles. The van der Waals surface area contributed by atoms with E-state index in [0.717, 1.165) is 23.4 Å². The van der Waals surface area contributed by atoms with Crippen LogP contribution in [0.15, 0.2) is 53.4 Å². The molecule has 0 radical (unpaired) electrons. The Morgan fingerprint density at radius 3 is 2.53 bits per heavy atom. The summed E-state index contributed by atoms with van der Waals surface area (Å²) < 4.78 is 30.6. The molecule has 3 aromatic rings. The zero-order valence-corrected chi connectivity index (χ0v) is 20.2. The number of carbonyl (C=O) groups is 1. The second-order valence-corrected chi connectivity index (χ2v) is 10.5. The van der Waals surface area contributed by atoms with Gasteiger partial charge < -0.3 is 4.74 Å². The van der Waals surface area contributed by atoms with Crippen LogP contribution in [0.2, 0.25) is 0 Å². The van der Waals surface area contributed by atoms with Gasteiger partial charge in [0.25, 0.3) is 0 Å². The number of carbonyl (C=O) groups excluding carboxylic acids is 1. The normalized spacial score (nSPS) is 14.8. The standard InChI is InChI=1S/C22H25N3O4S2.ClH/c1-31(27,28)19-9-5-8-18-21(19)23-22(30-18)25(11-10-24-12-14-29-15-13-24)20(26)16-17-6-3-2-4-7-17;/h2-9H,10-16H2,1H3;1H. The Morgan fingerprint density at radius 2 is 1.84 bits per heavy atom. The van der Waals surface area contributed by atoms with E-state index in [9.17, 15) is 13.2 Å². The van der Waals surface area contributed by atoms with E-state index in [0.29, 0.717) is 37.0 Å². The molecule has 1 saturated heterocycles. The van der Waals surface area contributed by atoms with E-state index in [1.165, 1.54) is 17.6 Å². The second kappa shape index (κ2) is 10.7. The van der Waals surface area contributed by atoms with E-state index in [1.807, 2.05) is 36.4 Å². The number of aromatic nitrogens is 1. The van der Waals surface area contributed by atoms with Gasteiger partial charge in [0.2, 0.25) is 5.91 Å². The Kier molecular flexibility index (Phi) is 8.24. The van der Waals surface area contributed by atoms with Gasteiger partial charge in [-0.3, -0.25) is 14.6 Å². The predicted molar refractivity (Wildman–Crippen MR) is 130 cm³/mol. The molecular weight excluding hydrogens is 470 g/mol. The van der Waals surface area contributed by atoms with Crippen LogP contribution < -0.4 is 4.90 Å². The molecule has 172 valence electrons. The van der Waals surface area contributed by atoms with E-state index in [4.69, 9.17) is 4.74 Å². The fraction of sp³-hybridized carbons (Fsp3) is 0.364. The van der Waals surface area contributed by atoms with Crippen LogP contribution in [-0.2, 0) is 25.8 Å². The quantitative estimate of drug-likeness (QED) is 0.501. The first-order valence-electron chi connectivity index (χ1n) is 10.2. The van der Waals surface area contributed by atoms with Gasteiger partial charge in [-0.25, -0.2) is 13.4 Å². The molecule has 1 aliphatic heterocycles. The molecule has 7 nitrogen and oxygen atoms in total. The van der Waals surface area contributed by atoms with Crippen molar-refractivity contribution in [3.63, 3.8) is 0 Å². The first-order chi connectivity index (χ1) is 14.9. The van der Waals surface area contributed by atoms with E-state index >= 15 is 0 Å². The third kappa shape index (κ3) is 5.85. The number of anilines is 1. The summed E-state index contributed by atoms with van der Waals surface area (Å²) >= 11 is 1.35. The molecule has 1 fully saturated rings. The van der Waals surface area contributed by atoms with Crippen LogP contribution >= 0.6 is 23.7 Å². The maximum absolute atomic E-state index is 13.3. The third-order valence-corrected chi connectivity index (χ3v) is 7.42. The fourth-order valence-electron chi connectivity index (χ4n) is 3.59. The van der Waals surface area contributed by atoms with Crippen LogP contribution in [0, 0.1) is 0 Å². The molecule has 1 aliphatic rings. The zero-order valence-electron chi connectivity index (χ0n) is 17.8. The molecule has 4 rings (SSSR count). The molecule has 0 atom stereocenters. The Bertz CT molecular complexity index is 1160. The Labute approximate surface area is 198 Å². The topological polar surface area (TPSA) is 79.8 Å². The zero-order chi connectivity index (χ0) is 21.8. The third-order valence-electron chi connectivity index (χ3n) is 5.24. The molecular formula is C22H26ClN3O4S2. The number of sulfone groups is 1. The summed E-state index contributed by atoms with van der Waals surface area (Å²) in [5.74, 6) is -0.0561. The average Bonchev–Trinajstić information content (AvgIpc) is 3.18. The van der Waals surface area contributed by atoms with Gasteiger partial charge >= 0.3 is 0 Å². The van der Waals surface area contributed by atoms with Crippen molar-refractivity contribution in [2.45, 2.75) is 11.3 Å². The molecule has 0 unspecified atom stereocenters. The van der Waals surface area contributed by atoms with Crippen LogP contribution in [0.1, 0.15) is 5.56 Å². The van der Waals surface area contributed by atoms with E-state index in [1.54, 1.807) is 17.0 Å². The highest BCUT2D eigenvalue weighted by molar-refractivity contribution is 7.91. The lowest BCUT2D eigenvalue weighted by Crippen LogP contribution is -2.43. The summed E-state index contributed by atoms with van der Waals surface area (Å²) in [4.78, 5) is 22.0. The molecule has 0 aliphatic carbocycles. The van der Waals surface area contributed by atoms with Gasteiger partial charge in [0.15, 0.2) is 15.0 Å². The van der Waals surface area contributed by atoms with Crippen LogP contribution in [-0.4, -0.2) is 69.9 Å². The van der Waals surface area contributed by atoms with Gasteiger partial charge in [-0.05, 0) is 17.7 Å². The lowest BCUT2D eigenvalue weighted by atomic mass is 10.1. The monoisotopic (exact) mass is 495 g/mol. The number of rotatable bonds is 7. The number of morpholine rings is 1. The summed E-state index contributed by atoms with van der Waals surface area (Å²) in [5.41, 5.74) is 1.36. The minimum absolute atomic E-state index is 0. The smallest absolute Gasteiger partial charge is 0.233 e. The van der Waals surface area contributed by atoms with Crippen LogP contribution in [0.5, 0.6) is 0 Å². The number of benzene rings is 2. The van der Waals surface area contributed by atoms with Gasteiger partial charge in [-0.2, -0.15) is 0 Å². The molecule has 2 aromatic carbocycles. The summed E-state index contributed by atoms with van der Waals surface area (Å²) in [7, 11) is -3.42. The van der Waals surface area contributed by atoms with Gasteiger partial charge in [-0.15, -0.1) is 12.4 Å². The van der Waals surface area contributed by atoms with E-state index in [2.05, 4.69) is 9.88 Å². The number of halogens is 1. The van der Waals surface area contributed by atoms with Gasteiger partial charge in [-0.1, -0.05) is 47.7 Å². The number of fused-ring (bicyclic) bond motifs is 1. The van der Waals surface area contributed by atoms with Gasteiger partial charge in [0.1, 0.15) is 5.52 Å². The molecule has 1 amide bonds. The van der Waals surface area contributed by atoms with E-state index in [-0.39, 0.29) is 29.6 Å². The van der Waals surface area contributed by atoms with E-state index < -0.39 is 9.84 Å². The number of thiazole rings is 1. The van der Waals surface area contributed by atoms with Crippen molar-refractivity contribution in [1.82, 2.24) is 9.88 Å². The molecule has 0 saturated carbocycles. The minimum atomic E-state index is -3.42. The van der Waals surface area contributed by atoms with Crippen molar-refractivity contribution in [1.29, 1.82) is 0 Å². The van der Waals surface area contributed by atoms with Crippen molar-refractivity contribution in [2.75, 3.05) is 50.5 Å². The largest absolute Gasteiger partial charge is 0.379 e. The number of hydrogen-bond acceptors (Lipinski definition) is 7. The van der Waals surface area contributed by atoms with Crippen LogP contribution in [0.3, 0.4) is 0 Å². The van der Waals surface area contributed by atoms with Crippen molar-refractivity contribution in [3.8, 4) is 0 Å². The SMILES string of the molecule is CS(=O)(=O)c1cccc2sc(N(CCN3CCOCC3)C(=O)Cc3ccccc3)nc12.Cl. The number of ether oxygens (including phenoxy) is 1. The highest BCUT2D eigenvalue weighted by Gasteiger charge is 2.23. The van der Waals surface area contributed by atoms with Crippen molar-refractivity contribution < 1.29 is 17.9 Å². The number of amides is 1. The molecule has 0 spiro atoms. The van der Waals surface area contributed by atoms with Crippen molar-refractivity contribution in [3.05, 3.63) is 54.1 Å². The van der Waals surface area contributed by atoms with Crippen molar-refractivity contribution >= 4 is 54.8 Å². The summed E-state index contributed by atoms with van der Waals surface area (Å²) in [6, 6.07) is 14.7. The molecule has 2 heterocycles. The van der Waals surface area contributed by atoms with Gasteiger partial charge in [0, 0.05) is 32.4 Å². The number of para-hydroxylation sites is 1.